The zero-order chi connectivity index (χ0) is 19.9. The van der Waals surface area contributed by atoms with Gasteiger partial charge in [0.1, 0.15) is 5.75 Å². The number of piperidine rings is 1. The quantitative estimate of drug-likeness (QED) is 0.542. The molecule has 2 fully saturated rings. The van der Waals surface area contributed by atoms with Gasteiger partial charge in [-0.1, -0.05) is 0 Å². The molecular weight excluding hydrogens is 370 g/mol. The molecular formula is C18H35N3O5S. The first-order chi connectivity index (χ1) is 12.8. The van der Waals surface area contributed by atoms with Crippen LogP contribution in [0, 0.1) is 0 Å². The van der Waals surface area contributed by atoms with Crippen molar-refractivity contribution >= 4 is 15.9 Å². The maximum absolute atomic E-state index is 12.7. The molecule has 0 aromatic heterocycles. The lowest BCUT2D eigenvalue weighted by molar-refractivity contribution is -0.162. The molecule has 2 N–H and O–H groups in total. The van der Waals surface area contributed by atoms with Crippen LogP contribution in [0.25, 0.3) is 0 Å². The fourth-order valence-corrected chi connectivity index (χ4v) is 5.38. The highest BCUT2D eigenvalue weighted by molar-refractivity contribution is 7.89. The van der Waals surface area contributed by atoms with E-state index < -0.39 is 21.7 Å². The first-order valence-electron chi connectivity index (χ1n) is 10.0. The standard InChI is InChI=1S/C18H35N3O5S/c1-15(2)20-10-7-16(8-11-20)21(27(23,24)14-17(19)22)9-5-13-26-18-6-3-4-12-25-18/h15-16,18H,3-14H2,1-2H3,(H2,19,22). The third-order valence-corrected chi connectivity index (χ3v) is 7.13. The number of ether oxygens (including phenoxy) is 2. The topological polar surface area (TPSA) is 102 Å². The highest BCUT2D eigenvalue weighted by atomic mass is 32.2. The fraction of sp³-hybridized carbons (Fsp3) is 0.944. The van der Waals surface area contributed by atoms with Crippen molar-refractivity contribution in [1.29, 1.82) is 0 Å². The summed E-state index contributed by atoms with van der Waals surface area (Å²) in [6.07, 6.45) is 4.97. The Balaban J connectivity index is 1.90. The van der Waals surface area contributed by atoms with Crippen LogP contribution in [0.15, 0.2) is 0 Å². The van der Waals surface area contributed by atoms with Crippen molar-refractivity contribution in [2.75, 3.05) is 38.6 Å². The molecule has 27 heavy (non-hydrogen) atoms. The van der Waals surface area contributed by atoms with Crippen molar-refractivity contribution < 1.29 is 22.7 Å². The number of nitrogens with two attached hydrogens (primary N) is 1. The molecule has 8 nitrogen and oxygen atoms in total. The SMILES string of the molecule is CC(C)N1CCC(N(CCCOC2CCCCO2)S(=O)(=O)CC(N)=O)CC1. The lowest BCUT2D eigenvalue weighted by Crippen LogP contribution is -2.50. The maximum atomic E-state index is 12.7. The van der Waals surface area contributed by atoms with E-state index >= 15 is 0 Å². The van der Waals surface area contributed by atoms with Gasteiger partial charge < -0.3 is 20.1 Å². The molecule has 2 aliphatic heterocycles. The lowest BCUT2D eigenvalue weighted by Gasteiger charge is -2.39. The number of amides is 1. The molecule has 158 valence electrons. The summed E-state index contributed by atoms with van der Waals surface area (Å²) in [5.41, 5.74) is 5.17. The molecule has 0 aromatic rings. The minimum atomic E-state index is -3.71. The van der Waals surface area contributed by atoms with Gasteiger partial charge in [-0.05, 0) is 65.5 Å². The van der Waals surface area contributed by atoms with E-state index in [1.165, 1.54) is 4.31 Å². The predicted octanol–water partition coefficient (Wildman–Crippen LogP) is 0.910. The fourth-order valence-electron chi connectivity index (χ4n) is 3.78. The summed E-state index contributed by atoms with van der Waals surface area (Å²) in [7, 11) is -3.71. The van der Waals surface area contributed by atoms with E-state index in [1.807, 2.05) is 0 Å². The van der Waals surface area contributed by atoms with Gasteiger partial charge in [-0.15, -0.1) is 0 Å². The third-order valence-electron chi connectivity index (χ3n) is 5.28. The molecule has 2 rings (SSSR count). The Hall–Kier alpha value is -0.740. The minimum Gasteiger partial charge on any atom is -0.369 e. The molecule has 0 bridgehead atoms. The van der Waals surface area contributed by atoms with E-state index in [0.717, 1.165) is 51.8 Å². The number of likely N-dealkylation sites (tertiary alicyclic amines) is 1. The number of hydrogen-bond acceptors (Lipinski definition) is 6. The number of sulfonamides is 1. The summed E-state index contributed by atoms with van der Waals surface area (Å²) in [5, 5.41) is 0. The van der Waals surface area contributed by atoms with Crippen LogP contribution in [0.2, 0.25) is 0 Å². The predicted molar refractivity (Wildman–Crippen MR) is 104 cm³/mol. The van der Waals surface area contributed by atoms with E-state index in [4.69, 9.17) is 15.2 Å². The molecule has 2 aliphatic rings. The molecule has 1 amide bonds. The number of nitrogens with zero attached hydrogens (tertiary/aromatic N) is 2. The van der Waals surface area contributed by atoms with E-state index in [2.05, 4.69) is 18.7 Å². The van der Waals surface area contributed by atoms with E-state index in [9.17, 15) is 13.2 Å². The van der Waals surface area contributed by atoms with Crippen LogP contribution in [0.1, 0.15) is 52.4 Å². The molecule has 2 heterocycles. The van der Waals surface area contributed by atoms with E-state index in [0.29, 0.717) is 25.6 Å². The zero-order valence-electron chi connectivity index (χ0n) is 16.6. The van der Waals surface area contributed by atoms with Gasteiger partial charge >= 0.3 is 0 Å². The van der Waals surface area contributed by atoms with Gasteiger partial charge in [-0.2, -0.15) is 4.31 Å². The largest absolute Gasteiger partial charge is 0.369 e. The van der Waals surface area contributed by atoms with Gasteiger partial charge in [-0.3, -0.25) is 4.79 Å². The Labute approximate surface area is 163 Å². The smallest absolute Gasteiger partial charge is 0.234 e. The van der Waals surface area contributed by atoms with Gasteiger partial charge in [0, 0.05) is 25.2 Å². The third kappa shape index (κ3) is 7.30. The van der Waals surface area contributed by atoms with Gasteiger partial charge in [0.25, 0.3) is 0 Å². The number of carbonyl (C=O) groups is 1. The van der Waals surface area contributed by atoms with Crippen LogP contribution >= 0.6 is 0 Å². The van der Waals surface area contributed by atoms with Crippen LogP contribution in [0.5, 0.6) is 0 Å². The molecule has 1 unspecified atom stereocenters. The van der Waals surface area contributed by atoms with Gasteiger partial charge in [0.05, 0.1) is 6.61 Å². The second-order valence-corrected chi connectivity index (χ2v) is 9.64. The van der Waals surface area contributed by atoms with Gasteiger partial charge in [0.15, 0.2) is 6.29 Å². The van der Waals surface area contributed by atoms with Crippen LogP contribution in [-0.2, 0) is 24.3 Å². The van der Waals surface area contributed by atoms with Crippen LogP contribution in [0.4, 0.5) is 0 Å². The Morgan fingerprint density at radius 1 is 1.26 bits per heavy atom. The zero-order valence-corrected chi connectivity index (χ0v) is 17.5. The van der Waals surface area contributed by atoms with Crippen molar-refractivity contribution in [2.24, 2.45) is 5.73 Å². The van der Waals surface area contributed by atoms with Crippen LogP contribution < -0.4 is 5.73 Å². The normalized spacial score (nSPS) is 23.2. The lowest BCUT2D eigenvalue weighted by atomic mass is 10.0. The van der Waals surface area contributed by atoms with Crippen molar-refractivity contribution in [3.63, 3.8) is 0 Å². The summed E-state index contributed by atoms with van der Waals surface area (Å²) in [5.74, 6) is -1.45. The Morgan fingerprint density at radius 2 is 1.96 bits per heavy atom. The van der Waals surface area contributed by atoms with Crippen molar-refractivity contribution in [1.82, 2.24) is 9.21 Å². The van der Waals surface area contributed by atoms with Crippen LogP contribution in [-0.4, -0.2) is 80.5 Å². The average Bonchev–Trinajstić information content (AvgIpc) is 2.61. The second kappa shape index (κ2) is 10.7. The Morgan fingerprint density at radius 3 is 2.52 bits per heavy atom. The summed E-state index contributed by atoms with van der Waals surface area (Å²) >= 11 is 0. The van der Waals surface area contributed by atoms with Gasteiger partial charge in [0.2, 0.25) is 15.9 Å². The first kappa shape index (κ1) is 22.5. The minimum absolute atomic E-state index is 0.0877. The molecule has 1 atom stereocenters. The Kier molecular flexibility index (Phi) is 8.94. The van der Waals surface area contributed by atoms with E-state index in [1.54, 1.807) is 0 Å². The molecule has 0 spiro atoms. The Bertz CT molecular complexity index is 555. The summed E-state index contributed by atoms with van der Waals surface area (Å²) in [6.45, 7) is 7.51. The van der Waals surface area contributed by atoms with Crippen LogP contribution in [0.3, 0.4) is 0 Å². The molecule has 0 aromatic carbocycles. The molecule has 0 aliphatic carbocycles. The molecule has 2 saturated heterocycles. The van der Waals surface area contributed by atoms with Crippen molar-refractivity contribution in [3.05, 3.63) is 0 Å². The monoisotopic (exact) mass is 405 g/mol. The maximum Gasteiger partial charge on any atom is 0.234 e. The number of rotatable bonds is 10. The molecule has 0 saturated carbocycles. The summed E-state index contributed by atoms with van der Waals surface area (Å²) < 4.78 is 38.1. The highest BCUT2D eigenvalue weighted by Gasteiger charge is 2.33. The first-order valence-corrected chi connectivity index (χ1v) is 11.7. The summed E-state index contributed by atoms with van der Waals surface area (Å²) in [4.78, 5) is 13.6. The van der Waals surface area contributed by atoms with Crippen molar-refractivity contribution in [2.45, 2.75) is 70.7 Å². The number of primary amides is 1. The average molecular weight is 406 g/mol. The van der Waals surface area contributed by atoms with Gasteiger partial charge in [-0.25, -0.2) is 8.42 Å². The van der Waals surface area contributed by atoms with Crippen molar-refractivity contribution in [3.8, 4) is 0 Å². The highest BCUT2D eigenvalue weighted by Crippen LogP contribution is 2.22. The molecule has 9 heteroatoms. The number of hydrogen-bond donors (Lipinski definition) is 1. The second-order valence-electron chi connectivity index (χ2n) is 7.71. The van der Waals surface area contributed by atoms with E-state index in [-0.39, 0.29) is 12.3 Å². The number of carbonyl (C=O) groups excluding carboxylic acids is 1. The summed E-state index contributed by atoms with van der Waals surface area (Å²) in [6, 6.07) is 0.362. The molecule has 0 radical (unpaired) electrons.